The number of carbonyl (C=O) groups excluding carboxylic acids is 2. The molecule has 1 aromatic carbocycles. The molecule has 0 radical (unpaired) electrons. The molecule has 1 heterocycles. The number of hydrogen-bond acceptors (Lipinski definition) is 4. The largest absolute Gasteiger partial charge is 0.494 e. The zero-order valence-electron chi connectivity index (χ0n) is 12.5. The van der Waals surface area contributed by atoms with Gasteiger partial charge in [0.1, 0.15) is 5.75 Å². The third-order valence-electron chi connectivity index (χ3n) is 3.64. The SMILES string of the molecule is CCOc1cccc(C(=O)N2CCCC(C(=O)OC)C2)c1. The Morgan fingerprint density at radius 2 is 2.19 bits per heavy atom. The van der Waals surface area contributed by atoms with E-state index in [0.29, 0.717) is 31.0 Å². The monoisotopic (exact) mass is 291 g/mol. The predicted octanol–water partition coefficient (Wildman–Crippen LogP) is 2.11. The van der Waals surface area contributed by atoms with Crippen LogP contribution in [0.3, 0.4) is 0 Å². The van der Waals surface area contributed by atoms with Gasteiger partial charge >= 0.3 is 5.97 Å². The van der Waals surface area contributed by atoms with E-state index >= 15 is 0 Å². The highest BCUT2D eigenvalue weighted by molar-refractivity contribution is 5.95. The number of ether oxygens (including phenoxy) is 2. The van der Waals surface area contributed by atoms with Gasteiger partial charge in [-0.05, 0) is 38.0 Å². The van der Waals surface area contributed by atoms with Crippen LogP contribution in [0.15, 0.2) is 24.3 Å². The summed E-state index contributed by atoms with van der Waals surface area (Å²) in [7, 11) is 1.38. The lowest BCUT2D eigenvalue weighted by Gasteiger charge is -2.31. The normalized spacial score (nSPS) is 18.2. The Balaban J connectivity index is 2.08. The molecule has 1 aromatic rings. The van der Waals surface area contributed by atoms with Gasteiger partial charge in [-0.2, -0.15) is 0 Å². The first kappa shape index (κ1) is 15.4. The topological polar surface area (TPSA) is 55.8 Å². The van der Waals surface area contributed by atoms with Gasteiger partial charge in [0.05, 0.1) is 19.6 Å². The van der Waals surface area contributed by atoms with Crippen LogP contribution in [0.5, 0.6) is 5.75 Å². The van der Waals surface area contributed by atoms with Crippen molar-refractivity contribution in [2.24, 2.45) is 5.92 Å². The minimum absolute atomic E-state index is 0.0647. The highest BCUT2D eigenvalue weighted by Gasteiger charge is 2.29. The third-order valence-corrected chi connectivity index (χ3v) is 3.64. The van der Waals surface area contributed by atoms with E-state index in [9.17, 15) is 9.59 Å². The summed E-state index contributed by atoms with van der Waals surface area (Å²) in [6, 6.07) is 7.15. The Morgan fingerprint density at radius 3 is 2.90 bits per heavy atom. The standard InChI is InChI=1S/C16H21NO4/c1-3-21-14-8-4-6-12(10-14)15(18)17-9-5-7-13(11-17)16(19)20-2/h4,6,8,10,13H,3,5,7,9,11H2,1-2H3. The van der Waals surface area contributed by atoms with Gasteiger partial charge in [-0.3, -0.25) is 9.59 Å². The molecule has 1 unspecified atom stereocenters. The molecule has 0 saturated carbocycles. The fraction of sp³-hybridized carbons (Fsp3) is 0.500. The maximum Gasteiger partial charge on any atom is 0.310 e. The molecule has 21 heavy (non-hydrogen) atoms. The maximum absolute atomic E-state index is 12.5. The molecular weight excluding hydrogens is 270 g/mol. The van der Waals surface area contributed by atoms with Crippen molar-refractivity contribution in [2.45, 2.75) is 19.8 Å². The molecule has 5 nitrogen and oxygen atoms in total. The number of rotatable bonds is 4. The van der Waals surface area contributed by atoms with Crippen molar-refractivity contribution in [1.82, 2.24) is 4.90 Å². The summed E-state index contributed by atoms with van der Waals surface area (Å²) in [4.78, 5) is 25.9. The quantitative estimate of drug-likeness (QED) is 0.797. The Hall–Kier alpha value is -2.04. The smallest absolute Gasteiger partial charge is 0.310 e. The number of hydrogen-bond donors (Lipinski definition) is 0. The molecule has 0 aromatic heterocycles. The number of methoxy groups -OCH3 is 1. The van der Waals surface area contributed by atoms with Crippen LogP contribution < -0.4 is 4.74 Å². The second-order valence-electron chi connectivity index (χ2n) is 5.07. The number of nitrogens with zero attached hydrogens (tertiary/aromatic N) is 1. The zero-order valence-corrected chi connectivity index (χ0v) is 12.5. The average molecular weight is 291 g/mol. The van der Waals surface area contributed by atoms with Crippen molar-refractivity contribution in [3.05, 3.63) is 29.8 Å². The molecule has 1 atom stereocenters. The lowest BCUT2D eigenvalue weighted by atomic mass is 9.97. The van der Waals surface area contributed by atoms with Gasteiger partial charge in [0.25, 0.3) is 5.91 Å². The number of carbonyl (C=O) groups is 2. The van der Waals surface area contributed by atoms with E-state index in [2.05, 4.69) is 0 Å². The lowest BCUT2D eigenvalue weighted by molar-refractivity contribution is -0.146. The van der Waals surface area contributed by atoms with Crippen molar-refractivity contribution in [3.63, 3.8) is 0 Å². The van der Waals surface area contributed by atoms with Gasteiger partial charge in [0.2, 0.25) is 0 Å². The van der Waals surface area contributed by atoms with Crippen LogP contribution in [0.25, 0.3) is 0 Å². The zero-order chi connectivity index (χ0) is 15.2. The third kappa shape index (κ3) is 3.74. The van der Waals surface area contributed by atoms with Gasteiger partial charge in [-0.25, -0.2) is 0 Å². The number of amides is 1. The molecule has 1 saturated heterocycles. The van der Waals surface area contributed by atoms with E-state index in [-0.39, 0.29) is 17.8 Å². The molecule has 1 aliphatic heterocycles. The maximum atomic E-state index is 12.5. The summed E-state index contributed by atoms with van der Waals surface area (Å²) in [5.74, 6) is 0.161. The average Bonchev–Trinajstić information content (AvgIpc) is 2.54. The van der Waals surface area contributed by atoms with Crippen molar-refractivity contribution in [1.29, 1.82) is 0 Å². The van der Waals surface area contributed by atoms with Crippen LogP contribution >= 0.6 is 0 Å². The van der Waals surface area contributed by atoms with Gasteiger partial charge in [0.15, 0.2) is 0 Å². The second-order valence-corrected chi connectivity index (χ2v) is 5.07. The Bertz CT molecular complexity index is 515. The summed E-state index contributed by atoms with van der Waals surface area (Å²) in [6.45, 7) is 3.56. The summed E-state index contributed by atoms with van der Waals surface area (Å²) >= 11 is 0. The van der Waals surface area contributed by atoms with Gasteiger partial charge in [0, 0.05) is 18.7 Å². The molecule has 0 bridgehead atoms. The molecule has 0 N–H and O–H groups in total. The van der Waals surface area contributed by atoms with Crippen LogP contribution in [0.1, 0.15) is 30.1 Å². The summed E-state index contributed by atoms with van der Waals surface area (Å²) in [5.41, 5.74) is 0.589. The molecule has 1 amide bonds. The van der Waals surface area contributed by atoms with E-state index in [4.69, 9.17) is 9.47 Å². The van der Waals surface area contributed by atoms with Crippen LogP contribution in [0.4, 0.5) is 0 Å². The summed E-state index contributed by atoms with van der Waals surface area (Å²) in [5, 5.41) is 0. The molecule has 0 aliphatic carbocycles. The molecule has 5 heteroatoms. The van der Waals surface area contributed by atoms with Gasteiger partial charge in [-0.15, -0.1) is 0 Å². The molecule has 1 fully saturated rings. The van der Waals surface area contributed by atoms with E-state index in [0.717, 1.165) is 12.8 Å². The van der Waals surface area contributed by atoms with Crippen LogP contribution in [0, 0.1) is 5.92 Å². The van der Waals surface area contributed by atoms with Crippen molar-refractivity contribution < 1.29 is 19.1 Å². The van der Waals surface area contributed by atoms with Gasteiger partial charge < -0.3 is 14.4 Å². The summed E-state index contributed by atoms with van der Waals surface area (Å²) in [6.07, 6.45) is 1.59. The van der Waals surface area contributed by atoms with E-state index < -0.39 is 0 Å². The Morgan fingerprint density at radius 1 is 1.38 bits per heavy atom. The first-order valence-electron chi connectivity index (χ1n) is 7.25. The van der Waals surface area contributed by atoms with Crippen LogP contribution in [-0.2, 0) is 9.53 Å². The lowest BCUT2D eigenvalue weighted by Crippen LogP contribution is -2.42. The molecular formula is C16H21NO4. The molecule has 1 aliphatic rings. The molecule has 2 rings (SSSR count). The highest BCUT2D eigenvalue weighted by atomic mass is 16.5. The van der Waals surface area contributed by atoms with Gasteiger partial charge in [-0.1, -0.05) is 6.07 Å². The fourth-order valence-corrected chi connectivity index (χ4v) is 2.59. The van der Waals surface area contributed by atoms with Crippen molar-refractivity contribution in [2.75, 3.05) is 26.8 Å². The van der Waals surface area contributed by atoms with E-state index in [1.54, 1.807) is 23.1 Å². The Labute approximate surface area is 124 Å². The fourth-order valence-electron chi connectivity index (χ4n) is 2.59. The number of likely N-dealkylation sites (tertiary alicyclic amines) is 1. The Kier molecular flexibility index (Phi) is 5.20. The van der Waals surface area contributed by atoms with E-state index in [1.807, 2.05) is 13.0 Å². The minimum Gasteiger partial charge on any atom is -0.494 e. The minimum atomic E-state index is -0.240. The number of esters is 1. The first-order chi connectivity index (χ1) is 10.2. The number of benzene rings is 1. The number of piperidine rings is 1. The van der Waals surface area contributed by atoms with Crippen molar-refractivity contribution in [3.8, 4) is 5.75 Å². The van der Waals surface area contributed by atoms with Crippen LogP contribution in [0.2, 0.25) is 0 Å². The first-order valence-corrected chi connectivity index (χ1v) is 7.25. The van der Waals surface area contributed by atoms with E-state index in [1.165, 1.54) is 7.11 Å². The highest BCUT2D eigenvalue weighted by Crippen LogP contribution is 2.21. The molecule has 0 spiro atoms. The van der Waals surface area contributed by atoms with Crippen molar-refractivity contribution >= 4 is 11.9 Å². The van der Waals surface area contributed by atoms with Crippen LogP contribution in [-0.4, -0.2) is 43.6 Å². The predicted molar refractivity (Wildman–Crippen MR) is 78.3 cm³/mol. The second kappa shape index (κ2) is 7.11. The molecule has 114 valence electrons. The summed E-state index contributed by atoms with van der Waals surface area (Å²) < 4.78 is 10.2.